The number of pyridine rings is 1. The molecule has 3 rings (SSSR count). The smallest absolute Gasteiger partial charge is 0.321 e. The summed E-state index contributed by atoms with van der Waals surface area (Å²) in [5, 5.41) is 3.92. The largest absolute Gasteiger partial charge is 0.465 e. The molecule has 0 N–H and O–H groups in total. The molecule has 1 aliphatic rings. The zero-order valence-corrected chi connectivity index (χ0v) is 11.2. The Morgan fingerprint density at radius 1 is 1.45 bits per heavy atom. The van der Waals surface area contributed by atoms with Crippen LogP contribution in [0.2, 0.25) is 0 Å². The van der Waals surface area contributed by atoms with Crippen LogP contribution in [0.15, 0.2) is 28.9 Å². The number of rotatable bonds is 4. The summed E-state index contributed by atoms with van der Waals surface area (Å²) in [4.78, 5) is 20.6. The van der Waals surface area contributed by atoms with Crippen molar-refractivity contribution in [3.63, 3.8) is 0 Å². The second-order valence-corrected chi connectivity index (χ2v) is 4.79. The van der Waals surface area contributed by atoms with E-state index in [2.05, 4.69) is 15.1 Å². The van der Waals surface area contributed by atoms with Crippen LogP contribution in [-0.4, -0.2) is 27.7 Å². The topological polar surface area (TPSA) is 78.1 Å². The lowest BCUT2D eigenvalue weighted by atomic mass is 9.68. The van der Waals surface area contributed by atoms with Gasteiger partial charge in [-0.2, -0.15) is 4.98 Å². The van der Waals surface area contributed by atoms with E-state index in [0.717, 1.165) is 6.42 Å². The lowest BCUT2D eigenvalue weighted by Crippen LogP contribution is -2.44. The molecule has 2 heterocycles. The van der Waals surface area contributed by atoms with E-state index in [4.69, 9.17) is 9.26 Å². The Labute approximate surface area is 116 Å². The second-order valence-electron chi connectivity index (χ2n) is 4.79. The number of nitrogens with zero attached hydrogens (tertiary/aromatic N) is 3. The van der Waals surface area contributed by atoms with Gasteiger partial charge in [-0.15, -0.1) is 0 Å². The maximum absolute atomic E-state index is 12.1. The zero-order chi connectivity index (χ0) is 14.0. The van der Waals surface area contributed by atoms with Gasteiger partial charge in [0.15, 0.2) is 0 Å². The monoisotopic (exact) mass is 273 g/mol. The van der Waals surface area contributed by atoms with E-state index in [0.29, 0.717) is 36.9 Å². The van der Waals surface area contributed by atoms with Gasteiger partial charge < -0.3 is 9.26 Å². The Hall–Kier alpha value is -2.24. The summed E-state index contributed by atoms with van der Waals surface area (Å²) in [5.41, 5.74) is -0.128. The molecule has 0 atom stereocenters. The number of esters is 1. The molecule has 0 spiro atoms. The third-order valence-corrected chi connectivity index (χ3v) is 3.60. The van der Waals surface area contributed by atoms with Crippen LogP contribution in [0.25, 0.3) is 11.5 Å². The van der Waals surface area contributed by atoms with Crippen LogP contribution in [0, 0.1) is 0 Å². The van der Waals surface area contributed by atoms with E-state index in [1.54, 1.807) is 19.2 Å². The molecule has 20 heavy (non-hydrogen) atoms. The molecule has 6 heteroatoms. The van der Waals surface area contributed by atoms with Gasteiger partial charge in [-0.3, -0.25) is 9.78 Å². The molecule has 0 amide bonds. The van der Waals surface area contributed by atoms with E-state index >= 15 is 0 Å². The highest BCUT2D eigenvalue weighted by molar-refractivity contribution is 5.83. The van der Waals surface area contributed by atoms with Gasteiger partial charge in [-0.05, 0) is 31.9 Å². The standard InChI is InChI=1S/C14H15N3O3/c1-2-19-13(18)14(7-5-8-14)12-16-11(17-20-12)10-6-3-4-9-15-10/h3-4,6,9H,2,5,7-8H2,1H3. The number of carbonyl (C=O) groups excluding carboxylic acids is 1. The molecule has 2 aromatic heterocycles. The average molecular weight is 273 g/mol. The molecule has 1 fully saturated rings. The fourth-order valence-electron chi connectivity index (χ4n) is 2.32. The molecule has 0 unspecified atom stereocenters. The van der Waals surface area contributed by atoms with E-state index in [9.17, 15) is 4.79 Å². The van der Waals surface area contributed by atoms with E-state index in [1.165, 1.54) is 0 Å². The number of ether oxygens (including phenoxy) is 1. The van der Waals surface area contributed by atoms with Crippen LogP contribution in [0.5, 0.6) is 0 Å². The van der Waals surface area contributed by atoms with Crippen molar-refractivity contribution in [2.75, 3.05) is 6.61 Å². The fourth-order valence-corrected chi connectivity index (χ4v) is 2.32. The minimum absolute atomic E-state index is 0.275. The summed E-state index contributed by atoms with van der Waals surface area (Å²) in [6, 6.07) is 5.46. The molecule has 0 saturated heterocycles. The third kappa shape index (κ3) is 1.97. The lowest BCUT2D eigenvalue weighted by molar-refractivity contribution is -0.155. The van der Waals surface area contributed by atoms with Crippen molar-refractivity contribution in [2.45, 2.75) is 31.6 Å². The third-order valence-electron chi connectivity index (χ3n) is 3.60. The van der Waals surface area contributed by atoms with Crippen LogP contribution in [0.4, 0.5) is 0 Å². The van der Waals surface area contributed by atoms with Gasteiger partial charge in [0, 0.05) is 6.20 Å². The molecule has 0 aromatic carbocycles. The van der Waals surface area contributed by atoms with Crippen molar-refractivity contribution >= 4 is 5.97 Å². The van der Waals surface area contributed by atoms with E-state index in [1.807, 2.05) is 12.1 Å². The molecular weight excluding hydrogens is 258 g/mol. The van der Waals surface area contributed by atoms with Crippen LogP contribution in [-0.2, 0) is 14.9 Å². The van der Waals surface area contributed by atoms with E-state index in [-0.39, 0.29) is 5.97 Å². The Bertz CT molecular complexity index is 605. The Balaban J connectivity index is 1.91. The van der Waals surface area contributed by atoms with Crippen molar-refractivity contribution < 1.29 is 14.1 Å². The number of aromatic nitrogens is 3. The van der Waals surface area contributed by atoms with Crippen LogP contribution < -0.4 is 0 Å². The predicted molar refractivity (Wildman–Crippen MR) is 69.7 cm³/mol. The van der Waals surface area contributed by atoms with Crippen molar-refractivity contribution in [3.05, 3.63) is 30.3 Å². The highest BCUT2D eigenvalue weighted by atomic mass is 16.5. The van der Waals surface area contributed by atoms with Crippen molar-refractivity contribution in [1.82, 2.24) is 15.1 Å². The quantitative estimate of drug-likeness (QED) is 0.794. The Morgan fingerprint density at radius 3 is 2.90 bits per heavy atom. The average Bonchev–Trinajstić information content (AvgIpc) is 2.89. The first-order chi connectivity index (χ1) is 9.76. The lowest BCUT2D eigenvalue weighted by Gasteiger charge is -2.35. The van der Waals surface area contributed by atoms with Crippen molar-refractivity contribution in [2.24, 2.45) is 0 Å². The van der Waals surface area contributed by atoms with Gasteiger partial charge >= 0.3 is 5.97 Å². The molecule has 1 saturated carbocycles. The Morgan fingerprint density at radius 2 is 2.30 bits per heavy atom. The molecular formula is C14H15N3O3. The normalized spacial score (nSPS) is 16.4. The number of carbonyl (C=O) groups is 1. The molecule has 6 nitrogen and oxygen atoms in total. The Kier molecular flexibility index (Phi) is 3.22. The maximum Gasteiger partial charge on any atom is 0.321 e. The fraction of sp³-hybridized carbons (Fsp3) is 0.429. The summed E-state index contributed by atoms with van der Waals surface area (Å²) in [5.74, 6) is 0.460. The van der Waals surface area contributed by atoms with Gasteiger partial charge in [0.25, 0.3) is 0 Å². The van der Waals surface area contributed by atoms with Gasteiger partial charge in [-0.25, -0.2) is 0 Å². The van der Waals surface area contributed by atoms with Gasteiger partial charge in [0.05, 0.1) is 6.61 Å². The van der Waals surface area contributed by atoms with Crippen LogP contribution in [0.3, 0.4) is 0 Å². The molecule has 2 aromatic rings. The van der Waals surface area contributed by atoms with Crippen molar-refractivity contribution in [3.8, 4) is 11.5 Å². The number of hydrogen-bond donors (Lipinski definition) is 0. The highest BCUT2D eigenvalue weighted by Crippen LogP contribution is 2.44. The van der Waals surface area contributed by atoms with Gasteiger partial charge in [-0.1, -0.05) is 17.6 Å². The molecule has 0 radical (unpaired) electrons. The first kappa shape index (κ1) is 12.8. The molecule has 104 valence electrons. The first-order valence-electron chi connectivity index (χ1n) is 6.69. The van der Waals surface area contributed by atoms with Gasteiger partial charge in [0.1, 0.15) is 11.1 Å². The summed E-state index contributed by atoms with van der Waals surface area (Å²) in [7, 11) is 0. The predicted octanol–water partition coefficient (Wildman–Crippen LogP) is 2.12. The summed E-state index contributed by atoms with van der Waals surface area (Å²) < 4.78 is 10.4. The van der Waals surface area contributed by atoms with Crippen LogP contribution in [0.1, 0.15) is 32.1 Å². The summed E-state index contributed by atoms with van der Waals surface area (Å²) in [6.45, 7) is 2.14. The van der Waals surface area contributed by atoms with Gasteiger partial charge in [0.2, 0.25) is 11.7 Å². The zero-order valence-electron chi connectivity index (χ0n) is 11.2. The summed E-state index contributed by atoms with van der Waals surface area (Å²) in [6.07, 6.45) is 4.00. The minimum atomic E-state index is -0.754. The van der Waals surface area contributed by atoms with Crippen LogP contribution >= 0.6 is 0 Å². The minimum Gasteiger partial charge on any atom is -0.465 e. The van der Waals surface area contributed by atoms with E-state index < -0.39 is 5.41 Å². The SMILES string of the molecule is CCOC(=O)C1(c2nc(-c3ccccn3)no2)CCC1. The highest BCUT2D eigenvalue weighted by Gasteiger charge is 2.52. The van der Waals surface area contributed by atoms with Crippen molar-refractivity contribution in [1.29, 1.82) is 0 Å². The summed E-state index contributed by atoms with van der Waals surface area (Å²) >= 11 is 0. The number of hydrogen-bond acceptors (Lipinski definition) is 6. The molecule has 0 bridgehead atoms. The maximum atomic E-state index is 12.1. The first-order valence-corrected chi connectivity index (χ1v) is 6.69. The molecule has 1 aliphatic carbocycles. The molecule has 0 aliphatic heterocycles. The second kappa shape index (κ2) is 5.03.